The zero-order valence-corrected chi connectivity index (χ0v) is 17.2. The number of rotatable bonds is 8. The van der Waals surface area contributed by atoms with Gasteiger partial charge in [0.2, 0.25) is 5.91 Å². The summed E-state index contributed by atoms with van der Waals surface area (Å²) in [6, 6.07) is 16.6. The second-order valence-corrected chi connectivity index (χ2v) is 6.82. The van der Waals surface area contributed by atoms with E-state index in [0.29, 0.717) is 11.0 Å². The van der Waals surface area contributed by atoms with E-state index in [-0.39, 0.29) is 38.3 Å². The molecule has 2 N–H and O–H groups in total. The average Bonchev–Trinajstić information content (AvgIpc) is 2.80. The quantitative estimate of drug-likeness (QED) is 0.323. The van der Waals surface area contributed by atoms with E-state index in [2.05, 4.69) is 0 Å². The van der Waals surface area contributed by atoms with Crippen LogP contribution in [-0.4, -0.2) is 36.0 Å². The summed E-state index contributed by atoms with van der Waals surface area (Å²) in [4.78, 5) is 48.7. The van der Waals surface area contributed by atoms with Gasteiger partial charge >= 0.3 is 17.7 Å². The zero-order valence-electron chi connectivity index (χ0n) is 17.2. The third kappa shape index (κ3) is 6.26. The standard InChI is InChI=1S/C23H22N2O7/c24-14-20(26)25(23(29)30-15-16-5-2-1-3-6-16)12-4-7-21(27)31-18-10-8-17-9-11-22(28)32-19(17)13-18/h1-3,5-6,8-11,13H,4,7,12,14-15,24H2. The number of carbonyl (C=O) groups is 3. The molecule has 9 heteroatoms. The molecule has 1 heterocycles. The Kier molecular flexibility index (Phi) is 7.71. The van der Waals surface area contributed by atoms with Crippen LogP contribution in [0.2, 0.25) is 0 Å². The average molecular weight is 438 g/mol. The Balaban J connectivity index is 1.52. The Bertz CT molecular complexity index is 1160. The lowest BCUT2D eigenvalue weighted by molar-refractivity contribution is -0.135. The molecule has 0 aliphatic carbocycles. The minimum absolute atomic E-state index is 0.00809. The molecule has 0 fully saturated rings. The van der Waals surface area contributed by atoms with Crippen LogP contribution in [0.15, 0.2) is 69.9 Å². The van der Waals surface area contributed by atoms with Crippen molar-refractivity contribution in [2.75, 3.05) is 13.1 Å². The van der Waals surface area contributed by atoms with Crippen LogP contribution in [0.5, 0.6) is 5.75 Å². The fourth-order valence-electron chi connectivity index (χ4n) is 2.89. The second-order valence-electron chi connectivity index (χ2n) is 6.82. The minimum atomic E-state index is -0.831. The summed E-state index contributed by atoms with van der Waals surface area (Å²) in [6.07, 6.45) is -0.729. The largest absolute Gasteiger partial charge is 0.444 e. The van der Waals surface area contributed by atoms with E-state index in [0.717, 1.165) is 10.5 Å². The fourth-order valence-corrected chi connectivity index (χ4v) is 2.89. The summed E-state index contributed by atoms with van der Waals surface area (Å²) in [5.74, 6) is -0.963. The van der Waals surface area contributed by atoms with Crippen molar-refractivity contribution in [1.29, 1.82) is 0 Å². The van der Waals surface area contributed by atoms with E-state index in [1.807, 2.05) is 6.07 Å². The van der Waals surface area contributed by atoms with Crippen LogP contribution in [0.3, 0.4) is 0 Å². The normalized spacial score (nSPS) is 10.5. The van der Waals surface area contributed by atoms with Crippen molar-refractivity contribution in [2.45, 2.75) is 19.4 Å². The first-order valence-corrected chi connectivity index (χ1v) is 9.92. The number of imide groups is 1. The second kappa shape index (κ2) is 10.9. The summed E-state index contributed by atoms with van der Waals surface area (Å²) in [5, 5.41) is 0.689. The lowest BCUT2D eigenvalue weighted by atomic mass is 10.2. The van der Waals surface area contributed by atoms with E-state index in [1.54, 1.807) is 42.5 Å². The molecule has 0 radical (unpaired) electrons. The van der Waals surface area contributed by atoms with Gasteiger partial charge in [0.15, 0.2) is 0 Å². The molecule has 1 aromatic heterocycles. The van der Waals surface area contributed by atoms with Gasteiger partial charge in [-0.15, -0.1) is 0 Å². The van der Waals surface area contributed by atoms with E-state index >= 15 is 0 Å². The number of nitrogens with zero attached hydrogens (tertiary/aromatic N) is 1. The highest BCUT2D eigenvalue weighted by atomic mass is 16.6. The van der Waals surface area contributed by atoms with Crippen molar-refractivity contribution in [3.05, 3.63) is 76.6 Å². The monoisotopic (exact) mass is 438 g/mol. The first-order valence-electron chi connectivity index (χ1n) is 9.92. The summed E-state index contributed by atoms with van der Waals surface area (Å²) >= 11 is 0. The van der Waals surface area contributed by atoms with Crippen molar-refractivity contribution < 1.29 is 28.3 Å². The van der Waals surface area contributed by atoms with Crippen LogP contribution in [0.25, 0.3) is 11.0 Å². The molecular weight excluding hydrogens is 416 g/mol. The minimum Gasteiger partial charge on any atom is -0.444 e. The van der Waals surface area contributed by atoms with Crippen molar-refractivity contribution >= 4 is 28.9 Å². The number of fused-ring (bicyclic) bond motifs is 1. The number of amides is 2. The lowest BCUT2D eigenvalue weighted by Gasteiger charge is -2.19. The molecule has 0 bridgehead atoms. The smallest absolute Gasteiger partial charge is 0.416 e. The first kappa shape index (κ1) is 22.7. The van der Waals surface area contributed by atoms with E-state index in [4.69, 9.17) is 19.6 Å². The van der Waals surface area contributed by atoms with Crippen molar-refractivity contribution in [3.63, 3.8) is 0 Å². The molecule has 0 spiro atoms. The Labute approximate surface area is 183 Å². The Morgan fingerprint density at radius 1 is 1.00 bits per heavy atom. The predicted molar refractivity (Wildman–Crippen MR) is 115 cm³/mol. The van der Waals surface area contributed by atoms with Crippen molar-refractivity contribution in [2.24, 2.45) is 5.73 Å². The number of benzene rings is 2. The van der Waals surface area contributed by atoms with Crippen LogP contribution in [-0.2, 0) is 20.9 Å². The maximum Gasteiger partial charge on any atom is 0.416 e. The molecule has 0 saturated heterocycles. The molecule has 0 atom stereocenters. The van der Waals surface area contributed by atoms with Gasteiger partial charge < -0.3 is 19.6 Å². The molecule has 2 aromatic carbocycles. The summed E-state index contributed by atoms with van der Waals surface area (Å²) in [6.45, 7) is -0.410. The fraction of sp³-hybridized carbons (Fsp3) is 0.217. The Morgan fingerprint density at radius 3 is 2.50 bits per heavy atom. The molecule has 0 unspecified atom stereocenters. The van der Waals surface area contributed by atoms with Crippen molar-refractivity contribution in [1.82, 2.24) is 4.90 Å². The number of hydrogen-bond donors (Lipinski definition) is 1. The van der Waals surface area contributed by atoms with Crippen LogP contribution in [0.4, 0.5) is 4.79 Å². The molecule has 3 aromatic rings. The molecule has 2 amide bonds. The van der Waals surface area contributed by atoms with Gasteiger partial charge in [0.1, 0.15) is 17.9 Å². The molecule has 9 nitrogen and oxygen atoms in total. The topological polar surface area (TPSA) is 129 Å². The maximum absolute atomic E-state index is 12.3. The molecule has 0 aliphatic heterocycles. The number of ether oxygens (including phenoxy) is 2. The molecule has 0 saturated carbocycles. The van der Waals surface area contributed by atoms with Gasteiger partial charge in [-0.25, -0.2) is 14.5 Å². The number of hydrogen-bond acceptors (Lipinski definition) is 8. The van der Waals surface area contributed by atoms with Gasteiger partial charge in [0.25, 0.3) is 0 Å². The van der Waals surface area contributed by atoms with Gasteiger partial charge in [-0.1, -0.05) is 30.3 Å². The molecule has 32 heavy (non-hydrogen) atoms. The van der Waals surface area contributed by atoms with Gasteiger partial charge in [0, 0.05) is 30.5 Å². The van der Waals surface area contributed by atoms with E-state index in [9.17, 15) is 19.2 Å². The number of nitrogens with two attached hydrogens (primary N) is 1. The number of esters is 1. The van der Waals surface area contributed by atoms with E-state index in [1.165, 1.54) is 12.1 Å². The molecule has 166 valence electrons. The molecule has 3 rings (SSSR count). The van der Waals surface area contributed by atoms with Crippen molar-refractivity contribution in [3.8, 4) is 5.75 Å². The zero-order chi connectivity index (χ0) is 22.9. The summed E-state index contributed by atoms with van der Waals surface area (Å²) in [5.41, 5.74) is 5.95. The molecular formula is C23H22N2O7. The van der Waals surface area contributed by atoms with Gasteiger partial charge in [-0.3, -0.25) is 9.59 Å². The summed E-state index contributed by atoms with van der Waals surface area (Å²) < 4.78 is 15.5. The SMILES string of the molecule is NCC(=O)N(CCCC(=O)Oc1ccc2ccc(=O)oc2c1)C(=O)OCc1ccccc1. The van der Waals surface area contributed by atoms with Gasteiger partial charge in [0.05, 0.1) is 6.54 Å². The Hall–Kier alpha value is -3.98. The third-order valence-electron chi connectivity index (χ3n) is 4.49. The van der Waals surface area contributed by atoms with Crippen LogP contribution >= 0.6 is 0 Å². The maximum atomic E-state index is 12.3. The van der Waals surface area contributed by atoms with Gasteiger partial charge in [-0.05, 0) is 30.2 Å². The third-order valence-corrected chi connectivity index (χ3v) is 4.49. The van der Waals surface area contributed by atoms with Gasteiger partial charge in [-0.2, -0.15) is 0 Å². The summed E-state index contributed by atoms with van der Waals surface area (Å²) in [7, 11) is 0. The van der Waals surface area contributed by atoms with E-state index < -0.39 is 23.6 Å². The molecule has 0 aliphatic rings. The van der Waals surface area contributed by atoms with Crippen LogP contribution in [0.1, 0.15) is 18.4 Å². The Morgan fingerprint density at radius 2 is 1.75 bits per heavy atom. The predicted octanol–water partition coefficient (Wildman–Crippen LogP) is 2.60. The first-order chi connectivity index (χ1) is 15.5. The highest BCUT2D eigenvalue weighted by molar-refractivity contribution is 5.93. The van der Waals surface area contributed by atoms with Crippen LogP contribution in [0, 0.1) is 0 Å². The van der Waals surface area contributed by atoms with Crippen LogP contribution < -0.4 is 16.1 Å². The number of carbonyl (C=O) groups excluding carboxylic acids is 3. The highest BCUT2D eigenvalue weighted by Crippen LogP contribution is 2.20. The highest BCUT2D eigenvalue weighted by Gasteiger charge is 2.22. The lowest BCUT2D eigenvalue weighted by Crippen LogP contribution is -2.41.